The molecule has 1 aromatic carbocycles. The van der Waals surface area contributed by atoms with Crippen molar-refractivity contribution in [2.24, 2.45) is 0 Å². The predicted molar refractivity (Wildman–Crippen MR) is 93.8 cm³/mol. The Bertz CT molecular complexity index is 645. The van der Waals surface area contributed by atoms with E-state index >= 15 is 0 Å². The molecule has 1 amide bonds. The molecular weight excluding hydrogens is 308 g/mol. The predicted octanol–water partition coefficient (Wildman–Crippen LogP) is 3.18. The van der Waals surface area contributed by atoms with Crippen LogP contribution < -0.4 is 15.4 Å². The van der Waals surface area contributed by atoms with Crippen molar-refractivity contribution < 1.29 is 9.53 Å². The SMILES string of the molecule is COc1ccc(-c2csc(CNC(=O)C3CCCCN3)c2)cc1. The van der Waals surface area contributed by atoms with Crippen LogP contribution in [0, 0.1) is 0 Å². The lowest BCUT2D eigenvalue weighted by atomic mass is 10.0. The normalized spacial score (nSPS) is 17.7. The first kappa shape index (κ1) is 16.0. The van der Waals surface area contributed by atoms with Gasteiger partial charge in [0.25, 0.3) is 0 Å². The zero-order valence-electron chi connectivity index (χ0n) is 13.3. The summed E-state index contributed by atoms with van der Waals surface area (Å²) in [6.07, 6.45) is 3.24. The van der Waals surface area contributed by atoms with E-state index in [9.17, 15) is 4.79 Å². The molecule has 1 aromatic heterocycles. The fourth-order valence-corrected chi connectivity index (χ4v) is 3.61. The quantitative estimate of drug-likeness (QED) is 0.885. The van der Waals surface area contributed by atoms with Crippen LogP contribution in [0.3, 0.4) is 0 Å². The van der Waals surface area contributed by atoms with Gasteiger partial charge in [-0.05, 0) is 54.1 Å². The lowest BCUT2D eigenvalue weighted by molar-refractivity contribution is -0.123. The number of carbonyl (C=O) groups is 1. The summed E-state index contributed by atoms with van der Waals surface area (Å²) in [5, 5.41) is 8.44. The molecule has 2 aromatic rings. The van der Waals surface area contributed by atoms with E-state index in [2.05, 4.69) is 34.2 Å². The van der Waals surface area contributed by atoms with E-state index < -0.39 is 0 Å². The minimum Gasteiger partial charge on any atom is -0.497 e. The Hall–Kier alpha value is -1.85. The van der Waals surface area contributed by atoms with Crippen molar-refractivity contribution in [2.45, 2.75) is 31.8 Å². The molecule has 1 saturated heterocycles. The molecule has 1 fully saturated rings. The van der Waals surface area contributed by atoms with Gasteiger partial charge in [-0.1, -0.05) is 18.6 Å². The van der Waals surface area contributed by atoms with Gasteiger partial charge in [0, 0.05) is 4.88 Å². The van der Waals surface area contributed by atoms with Gasteiger partial charge in [-0.15, -0.1) is 11.3 Å². The molecule has 0 radical (unpaired) electrons. The Morgan fingerprint density at radius 2 is 2.13 bits per heavy atom. The average molecular weight is 330 g/mol. The van der Waals surface area contributed by atoms with Gasteiger partial charge >= 0.3 is 0 Å². The molecule has 23 heavy (non-hydrogen) atoms. The van der Waals surface area contributed by atoms with Gasteiger partial charge in [0.1, 0.15) is 5.75 Å². The highest BCUT2D eigenvalue weighted by Gasteiger charge is 2.20. The molecule has 0 bridgehead atoms. The summed E-state index contributed by atoms with van der Waals surface area (Å²) in [7, 11) is 1.67. The van der Waals surface area contributed by atoms with E-state index in [1.54, 1.807) is 18.4 Å². The van der Waals surface area contributed by atoms with E-state index in [0.717, 1.165) is 30.7 Å². The van der Waals surface area contributed by atoms with E-state index in [1.165, 1.54) is 16.9 Å². The minimum absolute atomic E-state index is 0.0234. The summed E-state index contributed by atoms with van der Waals surface area (Å²) in [5.41, 5.74) is 2.34. The van der Waals surface area contributed by atoms with Crippen LogP contribution in [0.5, 0.6) is 5.75 Å². The lowest BCUT2D eigenvalue weighted by Gasteiger charge is -2.22. The topological polar surface area (TPSA) is 50.4 Å². The molecule has 0 spiro atoms. The first-order chi connectivity index (χ1) is 11.3. The Morgan fingerprint density at radius 1 is 1.30 bits per heavy atom. The number of amides is 1. The Morgan fingerprint density at radius 3 is 2.83 bits per heavy atom. The largest absolute Gasteiger partial charge is 0.497 e. The van der Waals surface area contributed by atoms with Crippen molar-refractivity contribution in [3.8, 4) is 16.9 Å². The third kappa shape index (κ3) is 4.12. The minimum atomic E-state index is -0.0234. The molecule has 122 valence electrons. The van der Waals surface area contributed by atoms with Gasteiger partial charge in [-0.2, -0.15) is 0 Å². The number of ether oxygens (including phenoxy) is 1. The number of carbonyl (C=O) groups excluding carboxylic acids is 1. The summed E-state index contributed by atoms with van der Waals surface area (Å²) in [6, 6.07) is 10.1. The summed E-state index contributed by atoms with van der Waals surface area (Å²) < 4.78 is 5.18. The van der Waals surface area contributed by atoms with Crippen molar-refractivity contribution in [2.75, 3.05) is 13.7 Å². The molecular formula is C18H22N2O2S. The number of thiophene rings is 1. The number of benzene rings is 1. The van der Waals surface area contributed by atoms with Crippen LogP contribution in [0.15, 0.2) is 35.7 Å². The van der Waals surface area contributed by atoms with Crippen LogP contribution in [-0.4, -0.2) is 25.6 Å². The van der Waals surface area contributed by atoms with Gasteiger partial charge in [-0.25, -0.2) is 0 Å². The highest BCUT2D eigenvalue weighted by Crippen LogP contribution is 2.27. The second-order valence-corrected chi connectivity index (χ2v) is 6.75. The molecule has 1 atom stereocenters. The van der Waals surface area contributed by atoms with Crippen molar-refractivity contribution >= 4 is 17.2 Å². The number of nitrogens with one attached hydrogen (secondary N) is 2. The van der Waals surface area contributed by atoms with Crippen molar-refractivity contribution in [1.29, 1.82) is 0 Å². The number of hydrogen-bond acceptors (Lipinski definition) is 4. The van der Waals surface area contributed by atoms with Crippen molar-refractivity contribution in [3.63, 3.8) is 0 Å². The third-order valence-corrected chi connectivity index (χ3v) is 5.08. The summed E-state index contributed by atoms with van der Waals surface area (Å²) >= 11 is 1.68. The monoisotopic (exact) mass is 330 g/mol. The fraction of sp³-hybridized carbons (Fsp3) is 0.389. The lowest BCUT2D eigenvalue weighted by Crippen LogP contribution is -2.46. The molecule has 1 aliphatic heterocycles. The molecule has 5 heteroatoms. The molecule has 2 heterocycles. The summed E-state index contributed by atoms with van der Waals surface area (Å²) in [4.78, 5) is 13.3. The number of rotatable bonds is 5. The highest BCUT2D eigenvalue weighted by molar-refractivity contribution is 7.10. The van der Waals surface area contributed by atoms with E-state index in [4.69, 9.17) is 4.74 Å². The molecule has 0 aliphatic carbocycles. The Labute approximate surface area is 140 Å². The van der Waals surface area contributed by atoms with E-state index in [0.29, 0.717) is 6.54 Å². The first-order valence-corrected chi connectivity index (χ1v) is 8.87. The fourth-order valence-electron chi connectivity index (χ4n) is 2.78. The summed E-state index contributed by atoms with van der Waals surface area (Å²) in [5.74, 6) is 0.973. The number of hydrogen-bond donors (Lipinski definition) is 2. The average Bonchev–Trinajstić information content (AvgIpc) is 3.09. The smallest absolute Gasteiger partial charge is 0.237 e. The maximum Gasteiger partial charge on any atom is 0.237 e. The van der Waals surface area contributed by atoms with Gasteiger partial charge < -0.3 is 15.4 Å². The first-order valence-electron chi connectivity index (χ1n) is 7.99. The van der Waals surface area contributed by atoms with Gasteiger partial charge in [0.2, 0.25) is 5.91 Å². The van der Waals surface area contributed by atoms with Crippen LogP contribution in [0.25, 0.3) is 11.1 Å². The summed E-state index contributed by atoms with van der Waals surface area (Å²) in [6.45, 7) is 1.54. The third-order valence-electron chi connectivity index (χ3n) is 4.14. The second-order valence-electron chi connectivity index (χ2n) is 5.75. The Balaban J connectivity index is 1.57. The van der Waals surface area contributed by atoms with Gasteiger partial charge in [-0.3, -0.25) is 4.79 Å². The van der Waals surface area contributed by atoms with Gasteiger partial charge in [0.05, 0.1) is 19.7 Å². The second kappa shape index (κ2) is 7.62. The van der Waals surface area contributed by atoms with Crippen LogP contribution in [0.4, 0.5) is 0 Å². The standard InChI is InChI=1S/C18H22N2O2S/c1-22-15-7-5-13(6-8-15)14-10-16(23-12-14)11-20-18(21)17-4-2-3-9-19-17/h5-8,10,12,17,19H,2-4,9,11H2,1H3,(H,20,21). The van der Waals surface area contributed by atoms with Crippen molar-refractivity contribution in [1.82, 2.24) is 10.6 Å². The van der Waals surface area contributed by atoms with Gasteiger partial charge in [0.15, 0.2) is 0 Å². The number of piperidine rings is 1. The Kier molecular flexibility index (Phi) is 5.31. The molecule has 0 saturated carbocycles. The molecule has 4 nitrogen and oxygen atoms in total. The van der Waals surface area contributed by atoms with Crippen LogP contribution >= 0.6 is 11.3 Å². The molecule has 1 unspecified atom stereocenters. The maximum atomic E-state index is 12.1. The molecule has 2 N–H and O–H groups in total. The van der Waals surface area contributed by atoms with Crippen molar-refractivity contribution in [3.05, 3.63) is 40.6 Å². The maximum absolute atomic E-state index is 12.1. The zero-order valence-corrected chi connectivity index (χ0v) is 14.1. The molecule has 1 aliphatic rings. The van der Waals surface area contributed by atoms with Crippen LogP contribution in [-0.2, 0) is 11.3 Å². The van der Waals surface area contributed by atoms with Crippen LogP contribution in [0.2, 0.25) is 0 Å². The van der Waals surface area contributed by atoms with E-state index in [-0.39, 0.29) is 11.9 Å². The highest BCUT2D eigenvalue weighted by atomic mass is 32.1. The van der Waals surface area contributed by atoms with E-state index in [1.807, 2.05) is 12.1 Å². The zero-order chi connectivity index (χ0) is 16.1. The molecule has 3 rings (SSSR count). The van der Waals surface area contributed by atoms with Crippen LogP contribution in [0.1, 0.15) is 24.1 Å². The number of methoxy groups -OCH3 is 1.